The maximum absolute atomic E-state index is 11.9. The molecule has 110 valence electrons. The lowest BCUT2D eigenvalue weighted by Crippen LogP contribution is -2.05. The number of rotatable bonds is 4. The van der Waals surface area contributed by atoms with Crippen LogP contribution >= 0.6 is 0 Å². The van der Waals surface area contributed by atoms with Crippen molar-refractivity contribution in [3.05, 3.63) is 83.7 Å². The second kappa shape index (κ2) is 6.26. The number of aryl methyl sites for hydroxylation is 1. The molecule has 2 aromatic carbocycles. The monoisotopic (exact) mass is 292 g/mol. The summed E-state index contributed by atoms with van der Waals surface area (Å²) in [6.45, 7) is 2.24. The predicted octanol–water partition coefficient (Wildman–Crippen LogP) is 3.54. The molecule has 0 fully saturated rings. The first-order valence-corrected chi connectivity index (χ1v) is 7.05. The van der Waals surface area contributed by atoms with Crippen molar-refractivity contribution in [1.82, 2.24) is 9.78 Å². The molecule has 0 N–H and O–H groups in total. The number of hydrogen-bond acceptors (Lipinski definition) is 3. The molecule has 0 unspecified atom stereocenters. The molecule has 3 aromatic rings. The van der Waals surface area contributed by atoms with E-state index in [1.807, 2.05) is 55.6 Å². The number of carbonyl (C=O) groups is 1. The Hall–Kier alpha value is -2.88. The van der Waals surface area contributed by atoms with Gasteiger partial charge in [0.15, 0.2) is 0 Å². The SMILES string of the molecule is Cc1ccc(C(=O)OCc2ccc(-n3cccn3)cc2)cc1. The quantitative estimate of drug-likeness (QED) is 0.691. The van der Waals surface area contributed by atoms with Gasteiger partial charge in [-0.25, -0.2) is 9.48 Å². The standard InChI is InChI=1S/C18H16N2O2/c1-14-3-7-16(8-4-14)18(21)22-13-15-5-9-17(10-6-15)20-12-2-11-19-20/h2-12H,13H2,1H3. The molecule has 0 aliphatic carbocycles. The minimum atomic E-state index is -0.309. The Morgan fingerprint density at radius 3 is 2.45 bits per heavy atom. The number of aromatic nitrogens is 2. The summed E-state index contributed by atoms with van der Waals surface area (Å²) >= 11 is 0. The number of hydrogen-bond donors (Lipinski definition) is 0. The van der Waals surface area contributed by atoms with Crippen molar-refractivity contribution in [2.75, 3.05) is 0 Å². The van der Waals surface area contributed by atoms with E-state index in [-0.39, 0.29) is 12.6 Å². The summed E-state index contributed by atoms with van der Waals surface area (Å²) in [6.07, 6.45) is 3.61. The van der Waals surface area contributed by atoms with Gasteiger partial charge in [-0.1, -0.05) is 29.8 Å². The molecule has 22 heavy (non-hydrogen) atoms. The Balaban J connectivity index is 1.61. The zero-order valence-electron chi connectivity index (χ0n) is 12.3. The summed E-state index contributed by atoms with van der Waals surface area (Å²) in [6, 6.07) is 17.0. The van der Waals surface area contributed by atoms with Crippen LogP contribution in [0.25, 0.3) is 5.69 Å². The average Bonchev–Trinajstić information content (AvgIpc) is 3.08. The molecule has 0 aliphatic rings. The molecule has 0 atom stereocenters. The topological polar surface area (TPSA) is 44.1 Å². The van der Waals surface area contributed by atoms with Crippen molar-refractivity contribution in [1.29, 1.82) is 0 Å². The van der Waals surface area contributed by atoms with E-state index in [1.54, 1.807) is 23.0 Å². The van der Waals surface area contributed by atoms with Crippen LogP contribution in [0.4, 0.5) is 0 Å². The van der Waals surface area contributed by atoms with Crippen LogP contribution in [0, 0.1) is 6.92 Å². The van der Waals surface area contributed by atoms with Crippen LogP contribution in [-0.2, 0) is 11.3 Å². The molecule has 4 heteroatoms. The summed E-state index contributed by atoms with van der Waals surface area (Å²) in [7, 11) is 0. The summed E-state index contributed by atoms with van der Waals surface area (Å²) in [4.78, 5) is 11.9. The van der Waals surface area contributed by atoms with Crippen molar-refractivity contribution >= 4 is 5.97 Å². The van der Waals surface area contributed by atoms with Crippen LogP contribution in [0.3, 0.4) is 0 Å². The fourth-order valence-corrected chi connectivity index (χ4v) is 2.09. The first kappa shape index (κ1) is 14.1. The van der Waals surface area contributed by atoms with Crippen LogP contribution in [0.1, 0.15) is 21.5 Å². The Labute approximate surface area is 129 Å². The molecule has 0 radical (unpaired) electrons. The van der Waals surface area contributed by atoms with Gasteiger partial charge in [-0.3, -0.25) is 0 Å². The zero-order valence-corrected chi connectivity index (χ0v) is 12.3. The first-order chi connectivity index (χ1) is 10.7. The molecule has 0 bridgehead atoms. The van der Waals surface area contributed by atoms with E-state index in [1.165, 1.54) is 0 Å². The number of carbonyl (C=O) groups excluding carboxylic acids is 1. The van der Waals surface area contributed by atoms with E-state index in [0.29, 0.717) is 5.56 Å². The summed E-state index contributed by atoms with van der Waals surface area (Å²) in [5, 5.41) is 4.17. The van der Waals surface area contributed by atoms with Gasteiger partial charge in [0.05, 0.1) is 11.3 Å². The number of ether oxygens (including phenoxy) is 1. The summed E-state index contributed by atoms with van der Waals surface area (Å²) in [5.41, 5.74) is 3.60. The highest BCUT2D eigenvalue weighted by atomic mass is 16.5. The van der Waals surface area contributed by atoms with Gasteiger partial charge in [-0.2, -0.15) is 5.10 Å². The van der Waals surface area contributed by atoms with Crippen LogP contribution in [0.2, 0.25) is 0 Å². The molecule has 3 rings (SSSR count). The van der Waals surface area contributed by atoms with Crippen molar-refractivity contribution in [2.45, 2.75) is 13.5 Å². The van der Waals surface area contributed by atoms with Gasteiger partial charge in [0.25, 0.3) is 0 Å². The Kier molecular flexibility index (Phi) is 4.01. The van der Waals surface area contributed by atoms with Crippen LogP contribution in [0.15, 0.2) is 67.0 Å². The number of nitrogens with zero attached hydrogens (tertiary/aromatic N) is 2. The molecule has 0 amide bonds. The first-order valence-electron chi connectivity index (χ1n) is 7.05. The van der Waals surface area contributed by atoms with Gasteiger partial charge >= 0.3 is 5.97 Å². The van der Waals surface area contributed by atoms with Gasteiger partial charge in [0.2, 0.25) is 0 Å². The fraction of sp³-hybridized carbons (Fsp3) is 0.111. The molecule has 4 nitrogen and oxygen atoms in total. The molecular weight excluding hydrogens is 276 g/mol. The molecule has 1 aromatic heterocycles. The van der Waals surface area contributed by atoms with Crippen LogP contribution in [-0.4, -0.2) is 15.7 Å². The van der Waals surface area contributed by atoms with Crippen molar-refractivity contribution in [3.63, 3.8) is 0 Å². The molecular formula is C18H16N2O2. The largest absolute Gasteiger partial charge is 0.457 e. The van der Waals surface area contributed by atoms with Gasteiger partial charge in [0.1, 0.15) is 6.61 Å². The molecule has 1 heterocycles. The van der Waals surface area contributed by atoms with Crippen molar-refractivity contribution in [3.8, 4) is 5.69 Å². The molecule has 0 saturated carbocycles. The maximum Gasteiger partial charge on any atom is 0.338 e. The van der Waals surface area contributed by atoms with Gasteiger partial charge in [-0.05, 0) is 42.8 Å². The molecule has 0 spiro atoms. The highest BCUT2D eigenvalue weighted by Gasteiger charge is 2.07. The van der Waals surface area contributed by atoms with Gasteiger partial charge < -0.3 is 4.74 Å². The van der Waals surface area contributed by atoms with Gasteiger partial charge in [0, 0.05) is 12.4 Å². The van der Waals surface area contributed by atoms with E-state index < -0.39 is 0 Å². The third-order valence-corrected chi connectivity index (χ3v) is 3.36. The second-order valence-electron chi connectivity index (χ2n) is 5.06. The van der Waals surface area contributed by atoms with E-state index in [2.05, 4.69) is 5.10 Å². The zero-order chi connectivity index (χ0) is 15.4. The van der Waals surface area contributed by atoms with E-state index in [0.717, 1.165) is 16.8 Å². The highest BCUT2D eigenvalue weighted by Crippen LogP contribution is 2.11. The smallest absolute Gasteiger partial charge is 0.338 e. The van der Waals surface area contributed by atoms with Crippen LogP contribution in [0.5, 0.6) is 0 Å². The van der Waals surface area contributed by atoms with Crippen molar-refractivity contribution < 1.29 is 9.53 Å². The van der Waals surface area contributed by atoms with Gasteiger partial charge in [-0.15, -0.1) is 0 Å². The molecule has 0 aliphatic heterocycles. The highest BCUT2D eigenvalue weighted by molar-refractivity contribution is 5.89. The lowest BCUT2D eigenvalue weighted by molar-refractivity contribution is 0.0472. The van der Waals surface area contributed by atoms with E-state index in [9.17, 15) is 4.79 Å². The molecule has 0 saturated heterocycles. The normalized spacial score (nSPS) is 10.4. The number of benzene rings is 2. The third-order valence-electron chi connectivity index (χ3n) is 3.36. The third kappa shape index (κ3) is 3.23. The van der Waals surface area contributed by atoms with E-state index >= 15 is 0 Å². The number of esters is 1. The predicted molar refractivity (Wildman–Crippen MR) is 83.9 cm³/mol. The average molecular weight is 292 g/mol. The summed E-state index contributed by atoms with van der Waals surface area (Å²) < 4.78 is 7.10. The Morgan fingerprint density at radius 1 is 1.09 bits per heavy atom. The summed E-state index contributed by atoms with van der Waals surface area (Å²) in [5.74, 6) is -0.309. The maximum atomic E-state index is 11.9. The fourth-order valence-electron chi connectivity index (χ4n) is 2.09. The van der Waals surface area contributed by atoms with Crippen molar-refractivity contribution in [2.24, 2.45) is 0 Å². The second-order valence-corrected chi connectivity index (χ2v) is 5.06. The Bertz CT molecular complexity index is 745. The lowest BCUT2D eigenvalue weighted by Gasteiger charge is -2.06. The van der Waals surface area contributed by atoms with Crippen LogP contribution < -0.4 is 0 Å². The minimum absolute atomic E-state index is 0.256. The minimum Gasteiger partial charge on any atom is -0.457 e. The Morgan fingerprint density at radius 2 is 1.82 bits per heavy atom. The lowest BCUT2D eigenvalue weighted by atomic mass is 10.1. The van der Waals surface area contributed by atoms with E-state index in [4.69, 9.17) is 4.74 Å².